The van der Waals surface area contributed by atoms with Crippen molar-refractivity contribution in [1.82, 2.24) is 0 Å². The summed E-state index contributed by atoms with van der Waals surface area (Å²) in [6, 6.07) is 7.91. The fourth-order valence-corrected chi connectivity index (χ4v) is 1.67. The van der Waals surface area contributed by atoms with Crippen molar-refractivity contribution in [2.24, 2.45) is 4.99 Å². The molecule has 2 aromatic carbocycles. The number of hydrogen-bond donors (Lipinski definition) is 1. The Balaban J connectivity index is 2.29. The van der Waals surface area contributed by atoms with Crippen LogP contribution >= 0.6 is 0 Å². The molecule has 0 heterocycles. The summed E-state index contributed by atoms with van der Waals surface area (Å²) in [6.07, 6.45) is 1.33. The molecule has 0 fully saturated rings. The lowest BCUT2D eigenvalue weighted by atomic mass is 10.2. The number of ether oxygens (including phenoxy) is 1. The molecule has 5 heteroatoms. The van der Waals surface area contributed by atoms with Gasteiger partial charge in [-0.3, -0.25) is 4.99 Å². The number of phenolic OH excluding ortho intramolecular Hbond substituents is 1. The second-order valence-corrected chi connectivity index (χ2v) is 4.01. The van der Waals surface area contributed by atoms with Gasteiger partial charge in [0.25, 0.3) is 0 Å². The van der Waals surface area contributed by atoms with Gasteiger partial charge in [0.1, 0.15) is 11.6 Å². The highest BCUT2D eigenvalue weighted by Crippen LogP contribution is 2.29. The highest BCUT2D eigenvalue weighted by molar-refractivity contribution is 5.86. The summed E-state index contributed by atoms with van der Waals surface area (Å²) < 4.78 is 31.3. The van der Waals surface area contributed by atoms with Gasteiger partial charge in [-0.25, -0.2) is 8.78 Å². The normalized spacial score (nSPS) is 10.9. The van der Waals surface area contributed by atoms with E-state index in [0.717, 1.165) is 18.2 Å². The summed E-state index contributed by atoms with van der Waals surface area (Å²) in [6.45, 7) is 2.22. The van der Waals surface area contributed by atoms with E-state index in [1.807, 2.05) is 0 Å². The number of aliphatic imine (C=N–C) groups is 1. The van der Waals surface area contributed by atoms with E-state index in [2.05, 4.69) is 4.99 Å². The van der Waals surface area contributed by atoms with Crippen LogP contribution in [0.5, 0.6) is 11.5 Å². The van der Waals surface area contributed by atoms with E-state index in [4.69, 9.17) is 4.74 Å². The molecule has 0 aromatic heterocycles. The molecule has 104 valence electrons. The fraction of sp³-hybridized carbons (Fsp3) is 0.133. The van der Waals surface area contributed by atoms with E-state index < -0.39 is 11.6 Å². The maximum absolute atomic E-state index is 13.0. The first kappa shape index (κ1) is 14.0. The lowest BCUT2D eigenvalue weighted by Gasteiger charge is -2.07. The van der Waals surface area contributed by atoms with Gasteiger partial charge < -0.3 is 9.84 Å². The third-order valence-electron chi connectivity index (χ3n) is 2.53. The Bertz CT molecular complexity index is 622. The molecular weight excluding hydrogens is 264 g/mol. The number of nitrogens with zero attached hydrogens (tertiary/aromatic N) is 1. The van der Waals surface area contributed by atoms with Crippen molar-refractivity contribution in [1.29, 1.82) is 0 Å². The van der Waals surface area contributed by atoms with E-state index >= 15 is 0 Å². The molecule has 0 atom stereocenters. The van der Waals surface area contributed by atoms with Gasteiger partial charge in [0.15, 0.2) is 11.5 Å². The predicted molar refractivity (Wildman–Crippen MR) is 72.9 cm³/mol. The highest BCUT2D eigenvalue weighted by Gasteiger charge is 2.06. The number of para-hydroxylation sites is 1. The molecule has 0 saturated carbocycles. The minimum absolute atomic E-state index is 0.0602. The van der Waals surface area contributed by atoms with Crippen LogP contribution in [-0.4, -0.2) is 17.9 Å². The van der Waals surface area contributed by atoms with Crippen molar-refractivity contribution in [2.75, 3.05) is 6.61 Å². The predicted octanol–water partition coefficient (Wildman–Crippen LogP) is 3.82. The Labute approximate surface area is 115 Å². The van der Waals surface area contributed by atoms with Gasteiger partial charge in [0, 0.05) is 17.8 Å². The van der Waals surface area contributed by atoms with Crippen LogP contribution in [0.2, 0.25) is 0 Å². The van der Waals surface area contributed by atoms with E-state index in [1.54, 1.807) is 25.1 Å². The minimum Gasteiger partial charge on any atom is -0.504 e. The number of hydrogen-bond acceptors (Lipinski definition) is 3. The second kappa shape index (κ2) is 6.14. The zero-order valence-corrected chi connectivity index (χ0v) is 10.8. The van der Waals surface area contributed by atoms with Crippen molar-refractivity contribution in [3.63, 3.8) is 0 Å². The molecule has 0 spiro atoms. The molecule has 0 saturated heterocycles. The van der Waals surface area contributed by atoms with Crippen LogP contribution in [0.4, 0.5) is 14.5 Å². The molecule has 2 rings (SSSR count). The molecule has 0 bridgehead atoms. The van der Waals surface area contributed by atoms with Crippen LogP contribution < -0.4 is 4.74 Å². The Kier molecular flexibility index (Phi) is 4.30. The third-order valence-corrected chi connectivity index (χ3v) is 2.53. The molecule has 0 radical (unpaired) electrons. The van der Waals surface area contributed by atoms with Crippen molar-refractivity contribution in [3.05, 3.63) is 53.6 Å². The molecule has 1 N–H and O–H groups in total. The van der Waals surface area contributed by atoms with Gasteiger partial charge >= 0.3 is 0 Å². The first-order chi connectivity index (χ1) is 9.60. The van der Waals surface area contributed by atoms with Crippen LogP contribution in [0, 0.1) is 11.6 Å². The second-order valence-electron chi connectivity index (χ2n) is 4.01. The SMILES string of the molecule is CCOc1cccc(C=Nc2cc(F)cc(F)c2)c1O. The molecule has 3 nitrogen and oxygen atoms in total. The third kappa shape index (κ3) is 3.32. The van der Waals surface area contributed by atoms with E-state index in [0.29, 0.717) is 17.9 Å². The first-order valence-electron chi connectivity index (χ1n) is 6.05. The summed E-state index contributed by atoms with van der Waals surface area (Å²) in [5.41, 5.74) is 0.532. The summed E-state index contributed by atoms with van der Waals surface area (Å²) in [5, 5.41) is 9.94. The van der Waals surface area contributed by atoms with Crippen LogP contribution in [0.25, 0.3) is 0 Å². The number of phenols is 1. The average Bonchev–Trinajstić information content (AvgIpc) is 2.39. The van der Waals surface area contributed by atoms with Crippen LogP contribution in [0.15, 0.2) is 41.4 Å². The molecule has 0 aliphatic carbocycles. The van der Waals surface area contributed by atoms with Crippen LogP contribution in [0.3, 0.4) is 0 Å². The van der Waals surface area contributed by atoms with Crippen molar-refractivity contribution in [3.8, 4) is 11.5 Å². The van der Waals surface area contributed by atoms with Gasteiger partial charge in [0.2, 0.25) is 0 Å². The molecule has 20 heavy (non-hydrogen) atoms. The van der Waals surface area contributed by atoms with Gasteiger partial charge in [-0.15, -0.1) is 0 Å². The molecule has 0 aliphatic heterocycles. The average molecular weight is 277 g/mol. The van der Waals surface area contributed by atoms with Crippen LogP contribution in [-0.2, 0) is 0 Å². The summed E-state index contributed by atoms with van der Waals surface area (Å²) in [5.74, 6) is -1.13. The summed E-state index contributed by atoms with van der Waals surface area (Å²) in [4.78, 5) is 3.94. The summed E-state index contributed by atoms with van der Waals surface area (Å²) >= 11 is 0. The number of benzene rings is 2. The van der Waals surface area contributed by atoms with E-state index in [9.17, 15) is 13.9 Å². The zero-order valence-electron chi connectivity index (χ0n) is 10.8. The van der Waals surface area contributed by atoms with Gasteiger partial charge in [0.05, 0.1) is 12.3 Å². The monoisotopic (exact) mass is 277 g/mol. The Morgan fingerprint density at radius 1 is 1.20 bits per heavy atom. The Morgan fingerprint density at radius 2 is 1.90 bits per heavy atom. The van der Waals surface area contributed by atoms with Crippen molar-refractivity contribution >= 4 is 11.9 Å². The zero-order chi connectivity index (χ0) is 14.5. The van der Waals surface area contributed by atoms with Crippen molar-refractivity contribution in [2.45, 2.75) is 6.92 Å². The maximum atomic E-state index is 13.0. The molecule has 0 amide bonds. The Hall–Kier alpha value is -2.43. The van der Waals surface area contributed by atoms with E-state index in [1.165, 1.54) is 6.21 Å². The minimum atomic E-state index is -0.704. The van der Waals surface area contributed by atoms with Gasteiger partial charge in [-0.2, -0.15) is 0 Å². The first-order valence-corrected chi connectivity index (χ1v) is 6.05. The standard InChI is InChI=1S/C15H13F2NO2/c1-2-20-14-5-3-4-10(15(14)19)9-18-13-7-11(16)6-12(17)8-13/h3-9,19H,2H2,1H3. The molecular formula is C15H13F2NO2. The fourth-order valence-electron chi connectivity index (χ4n) is 1.67. The molecule has 2 aromatic rings. The summed E-state index contributed by atoms with van der Waals surface area (Å²) in [7, 11) is 0. The highest BCUT2D eigenvalue weighted by atomic mass is 19.1. The number of aromatic hydroxyl groups is 1. The topological polar surface area (TPSA) is 41.8 Å². The van der Waals surface area contributed by atoms with Gasteiger partial charge in [-0.05, 0) is 31.2 Å². The number of rotatable bonds is 4. The largest absolute Gasteiger partial charge is 0.504 e. The van der Waals surface area contributed by atoms with Crippen LogP contribution in [0.1, 0.15) is 12.5 Å². The van der Waals surface area contributed by atoms with E-state index in [-0.39, 0.29) is 11.4 Å². The van der Waals surface area contributed by atoms with Gasteiger partial charge in [-0.1, -0.05) is 6.07 Å². The Morgan fingerprint density at radius 3 is 2.55 bits per heavy atom. The smallest absolute Gasteiger partial charge is 0.166 e. The van der Waals surface area contributed by atoms with Crippen molar-refractivity contribution < 1.29 is 18.6 Å². The number of halogens is 2. The maximum Gasteiger partial charge on any atom is 0.166 e. The molecule has 0 aliphatic rings. The quantitative estimate of drug-likeness (QED) is 0.863. The lowest BCUT2D eigenvalue weighted by Crippen LogP contribution is -1.93. The lowest BCUT2D eigenvalue weighted by molar-refractivity contribution is 0.318. The molecule has 0 unspecified atom stereocenters.